The van der Waals surface area contributed by atoms with Gasteiger partial charge in [0, 0.05) is 37.0 Å². The summed E-state index contributed by atoms with van der Waals surface area (Å²) in [5.41, 5.74) is 0.741. The van der Waals surface area contributed by atoms with Gasteiger partial charge in [-0.25, -0.2) is 8.42 Å². The third-order valence-corrected chi connectivity index (χ3v) is 7.53. The molecule has 1 aliphatic heterocycles. The normalized spacial score (nSPS) is 22.1. The fourth-order valence-electron chi connectivity index (χ4n) is 3.66. The molecule has 0 amide bonds. The van der Waals surface area contributed by atoms with E-state index in [0.29, 0.717) is 24.8 Å². The lowest BCUT2D eigenvalue weighted by atomic mass is 10.0. The van der Waals surface area contributed by atoms with E-state index in [1.165, 1.54) is 4.31 Å². The van der Waals surface area contributed by atoms with Gasteiger partial charge in [0.05, 0.1) is 6.61 Å². The van der Waals surface area contributed by atoms with Crippen LogP contribution < -0.4 is 4.74 Å². The molecule has 0 fully saturated rings. The Labute approximate surface area is 188 Å². The summed E-state index contributed by atoms with van der Waals surface area (Å²) in [6, 6.07) is 4.55. The van der Waals surface area contributed by atoms with Gasteiger partial charge in [-0.2, -0.15) is 4.31 Å². The monoisotopic (exact) mass is 450 g/mol. The number of hydrogen-bond acceptors (Lipinski definition) is 5. The lowest BCUT2D eigenvalue weighted by Crippen LogP contribution is -2.49. The number of nitrogens with zero attached hydrogens (tertiary/aromatic N) is 2. The van der Waals surface area contributed by atoms with Crippen LogP contribution >= 0.6 is 0 Å². The second kappa shape index (κ2) is 11.3. The summed E-state index contributed by atoms with van der Waals surface area (Å²) < 4.78 is 34.7. The van der Waals surface area contributed by atoms with Crippen LogP contribution in [-0.2, 0) is 10.0 Å². The first-order chi connectivity index (χ1) is 14.6. The summed E-state index contributed by atoms with van der Waals surface area (Å²) in [5, 5.41) is 9.72. The maximum Gasteiger partial charge on any atom is 0.247 e. The van der Waals surface area contributed by atoms with Crippen molar-refractivity contribution >= 4 is 10.0 Å². The Kier molecular flexibility index (Phi) is 9.38. The summed E-state index contributed by atoms with van der Waals surface area (Å²) >= 11 is 0. The average molecular weight is 451 g/mol. The minimum atomic E-state index is -3.81. The quantitative estimate of drug-likeness (QED) is 0.646. The maximum absolute atomic E-state index is 13.5. The second-order valence-corrected chi connectivity index (χ2v) is 10.9. The first kappa shape index (κ1) is 25.7. The van der Waals surface area contributed by atoms with Gasteiger partial charge in [-0.3, -0.25) is 0 Å². The minimum absolute atomic E-state index is 0.0492. The Bertz CT molecular complexity index is 889. The molecule has 1 aliphatic rings. The zero-order chi connectivity index (χ0) is 23.2. The standard InChI is InChI=1S/C24H38N2O4S/c1-7-13-25(6)16-23-19(4)15-26(20(5)17-27)31(28,29)24-12-11-21(14-22(24)30-23)10-8-9-18(2)3/h11-12,14,18-20,23,27H,7,9,13,15-17H2,1-6H3/t19-,20-,23-/m1/s1. The number of rotatable bonds is 7. The molecule has 174 valence electrons. The molecule has 0 radical (unpaired) electrons. The average Bonchev–Trinajstić information content (AvgIpc) is 2.70. The Balaban J connectivity index is 2.52. The van der Waals surface area contributed by atoms with E-state index in [0.717, 1.165) is 24.9 Å². The van der Waals surface area contributed by atoms with E-state index in [9.17, 15) is 13.5 Å². The van der Waals surface area contributed by atoms with Crippen LogP contribution in [0, 0.1) is 23.7 Å². The second-order valence-electron chi connectivity index (χ2n) is 9.06. The molecule has 6 nitrogen and oxygen atoms in total. The van der Waals surface area contributed by atoms with Gasteiger partial charge in [0.1, 0.15) is 16.7 Å². The number of benzene rings is 1. The summed E-state index contributed by atoms with van der Waals surface area (Å²) in [4.78, 5) is 2.35. The highest BCUT2D eigenvalue weighted by atomic mass is 32.2. The van der Waals surface area contributed by atoms with Crippen LogP contribution in [0.25, 0.3) is 0 Å². The molecule has 0 saturated heterocycles. The van der Waals surface area contributed by atoms with E-state index in [1.807, 2.05) is 6.92 Å². The smallest absolute Gasteiger partial charge is 0.247 e. The van der Waals surface area contributed by atoms with Crippen molar-refractivity contribution in [2.24, 2.45) is 11.8 Å². The Morgan fingerprint density at radius 2 is 2.03 bits per heavy atom. The highest BCUT2D eigenvalue weighted by molar-refractivity contribution is 7.89. The van der Waals surface area contributed by atoms with Crippen LogP contribution in [0.5, 0.6) is 5.75 Å². The summed E-state index contributed by atoms with van der Waals surface area (Å²) in [7, 11) is -1.76. The van der Waals surface area contributed by atoms with E-state index >= 15 is 0 Å². The molecule has 1 heterocycles. The molecule has 0 unspecified atom stereocenters. The van der Waals surface area contributed by atoms with Crippen molar-refractivity contribution in [1.82, 2.24) is 9.21 Å². The van der Waals surface area contributed by atoms with E-state index in [1.54, 1.807) is 25.1 Å². The molecule has 0 saturated carbocycles. The predicted octanol–water partition coefficient (Wildman–Crippen LogP) is 3.19. The maximum atomic E-state index is 13.5. The summed E-state index contributed by atoms with van der Waals surface area (Å²) in [6.07, 6.45) is 1.63. The Hall–Kier alpha value is -1.59. The number of sulfonamides is 1. The van der Waals surface area contributed by atoms with Gasteiger partial charge in [-0.1, -0.05) is 39.5 Å². The lowest BCUT2D eigenvalue weighted by molar-refractivity contribution is 0.0752. The zero-order valence-electron chi connectivity index (χ0n) is 19.8. The van der Waals surface area contributed by atoms with Gasteiger partial charge in [-0.15, -0.1) is 0 Å². The number of aliphatic hydroxyl groups excluding tert-OH is 1. The predicted molar refractivity (Wildman–Crippen MR) is 125 cm³/mol. The summed E-state index contributed by atoms with van der Waals surface area (Å²) in [6.45, 7) is 11.8. The van der Waals surface area contributed by atoms with Gasteiger partial charge in [0.25, 0.3) is 0 Å². The van der Waals surface area contributed by atoms with E-state index in [-0.39, 0.29) is 23.5 Å². The van der Waals surface area contributed by atoms with E-state index in [4.69, 9.17) is 4.74 Å². The minimum Gasteiger partial charge on any atom is -0.487 e. The molecular formula is C24H38N2O4S. The molecule has 1 aromatic rings. The zero-order valence-corrected chi connectivity index (χ0v) is 20.6. The molecule has 0 aromatic heterocycles. The van der Waals surface area contributed by atoms with Crippen LogP contribution in [0.15, 0.2) is 23.1 Å². The molecule has 7 heteroatoms. The van der Waals surface area contributed by atoms with Crippen LogP contribution in [0.3, 0.4) is 0 Å². The van der Waals surface area contributed by atoms with Gasteiger partial charge in [-0.05, 0) is 51.1 Å². The Morgan fingerprint density at radius 1 is 1.32 bits per heavy atom. The third kappa shape index (κ3) is 6.69. The van der Waals surface area contributed by atoms with Crippen molar-refractivity contribution in [3.63, 3.8) is 0 Å². The van der Waals surface area contributed by atoms with Gasteiger partial charge in [0.2, 0.25) is 10.0 Å². The van der Waals surface area contributed by atoms with Crippen LogP contribution in [0.4, 0.5) is 0 Å². The van der Waals surface area contributed by atoms with Crippen molar-refractivity contribution in [3.05, 3.63) is 23.8 Å². The number of hydrogen-bond donors (Lipinski definition) is 1. The van der Waals surface area contributed by atoms with Crippen molar-refractivity contribution in [3.8, 4) is 17.6 Å². The number of fused-ring (bicyclic) bond motifs is 1. The van der Waals surface area contributed by atoms with Crippen molar-refractivity contribution in [2.45, 2.75) is 64.5 Å². The van der Waals surface area contributed by atoms with Crippen molar-refractivity contribution in [1.29, 1.82) is 0 Å². The van der Waals surface area contributed by atoms with Crippen molar-refractivity contribution < 1.29 is 18.3 Å². The van der Waals surface area contributed by atoms with Crippen molar-refractivity contribution in [2.75, 3.05) is 33.3 Å². The van der Waals surface area contributed by atoms with Crippen LogP contribution in [0.2, 0.25) is 0 Å². The van der Waals surface area contributed by atoms with Gasteiger partial charge >= 0.3 is 0 Å². The Morgan fingerprint density at radius 3 is 2.65 bits per heavy atom. The fraction of sp³-hybridized carbons (Fsp3) is 0.667. The molecule has 1 N–H and O–H groups in total. The molecule has 0 aliphatic carbocycles. The molecular weight excluding hydrogens is 412 g/mol. The van der Waals surface area contributed by atoms with E-state index in [2.05, 4.69) is 44.6 Å². The number of likely N-dealkylation sites (N-methyl/N-ethyl adjacent to an activating group) is 1. The molecule has 0 spiro atoms. The SMILES string of the molecule is CCCN(C)C[C@H]1Oc2cc(C#CCC(C)C)ccc2S(=O)(=O)N([C@H](C)CO)C[C@H]1C. The van der Waals surface area contributed by atoms with E-state index < -0.39 is 16.1 Å². The lowest BCUT2D eigenvalue weighted by Gasteiger charge is -2.37. The summed E-state index contributed by atoms with van der Waals surface area (Å²) in [5.74, 6) is 7.05. The molecule has 3 atom stereocenters. The third-order valence-electron chi connectivity index (χ3n) is 5.51. The molecule has 31 heavy (non-hydrogen) atoms. The van der Waals surface area contributed by atoms with Gasteiger partial charge in [0.15, 0.2) is 0 Å². The molecule has 1 aromatic carbocycles. The largest absolute Gasteiger partial charge is 0.487 e. The number of aliphatic hydroxyl groups is 1. The highest BCUT2D eigenvalue weighted by Gasteiger charge is 2.38. The molecule has 2 rings (SSSR count). The van der Waals surface area contributed by atoms with Crippen LogP contribution in [-0.4, -0.2) is 68.2 Å². The topological polar surface area (TPSA) is 70.1 Å². The van der Waals surface area contributed by atoms with Gasteiger partial charge < -0.3 is 14.7 Å². The van der Waals surface area contributed by atoms with Crippen LogP contribution in [0.1, 0.15) is 53.0 Å². The number of ether oxygens (including phenoxy) is 1. The first-order valence-electron chi connectivity index (χ1n) is 11.2. The molecule has 0 bridgehead atoms. The highest BCUT2D eigenvalue weighted by Crippen LogP contribution is 2.34. The fourth-order valence-corrected chi connectivity index (χ4v) is 5.48. The first-order valence-corrected chi connectivity index (χ1v) is 12.6.